The minimum Gasteiger partial charge on any atom is -0.507 e. The van der Waals surface area contributed by atoms with Gasteiger partial charge in [0.1, 0.15) is 22.7 Å². The van der Waals surface area contributed by atoms with E-state index in [1.807, 2.05) is 18.3 Å². The molecule has 0 spiro atoms. The van der Waals surface area contributed by atoms with Crippen LogP contribution in [-0.4, -0.2) is 19.6 Å². The number of hydrogen-bond donors (Lipinski definition) is 1. The minimum absolute atomic E-state index is 0. The summed E-state index contributed by atoms with van der Waals surface area (Å²) in [5, 5.41) is 16.8. The normalized spacial score (nSPS) is 12.3. The van der Waals surface area contributed by atoms with Crippen molar-refractivity contribution < 1.29 is 30.6 Å². The van der Waals surface area contributed by atoms with Gasteiger partial charge in [-0.1, -0.05) is 194 Å². The number of nitrogens with zero attached hydrogens (tertiary/aromatic N) is 3. The Morgan fingerprint density at radius 3 is 1.97 bits per heavy atom. The molecule has 0 aliphatic carbocycles. The van der Waals surface area contributed by atoms with Crippen LogP contribution in [0.2, 0.25) is 0 Å². The number of phenols is 1. The number of phenolic OH excluding ortho intramolecular Hbond substituents is 1. The predicted octanol–water partition coefficient (Wildman–Crippen LogP) is 16.6. The van der Waals surface area contributed by atoms with E-state index >= 15 is 0 Å². The van der Waals surface area contributed by atoms with E-state index in [1.54, 1.807) is 0 Å². The summed E-state index contributed by atoms with van der Waals surface area (Å²) in [6.45, 7) is 17.7. The van der Waals surface area contributed by atoms with Crippen molar-refractivity contribution in [3.05, 3.63) is 204 Å². The van der Waals surface area contributed by atoms with Crippen molar-refractivity contribution >= 4 is 43.7 Å². The van der Waals surface area contributed by atoms with E-state index in [2.05, 4.69) is 224 Å². The van der Waals surface area contributed by atoms with Gasteiger partial charge in [-0.05, 0) is 68.6 Å². The molecule has 0 saturated heterocycles. The Hall–Kier alpha value is -7.07. The summed E-state index contributed by atoms with van der Waals surface area (Å²) in [5.74, 6) is 0.898. The number of imidazole rings is 1. The van der Waals surface area contributed by atoms with E-state index in [-0.39, 0.29) is 37.6 Å². The molecule has 3 heterocycles. The molecule has 0 fully saturated rings. The number of hydrogen-bond acceptors (Lipinski definition) is 4. The van der Waals surface area contributed by atoms with Crippen LogP contribution >= 0.6 is 0 Å². The molecule has 3 aromatic heterocycles. The van der Waals surface area contributed by atoms with Gasteiger partial charge in [-0.15, -0.1) is 29.3 Å². The molecule has 5 nitrogen and oxygen atoms in total. The van der Waals surface area contributed by atoms with Gasteiger partial charge in [0.25, 0.3) is 0 Å². The van der Waals surface area contributed by atoms with Crippen LogP contribution in [0, 0.1) is 6.07 Å². The minimum atomic E-state index is -0.408. The number of benzene rings is 8. The van der Waals surface area contributed by atoms with Gasteiger partial charge in [0.2, 0.25) is 0 Å². The second-order valence-electron chi connectivity index (χ2n) is 20.7. The summed E-state index contributed by atoms with van der Waals surface area (Å²) in [6.07, 6.45) is 1.84. The topological polar surface area (TPSA) is 64.1 Å². The zero-order valence-electron chi connectivity index (χ0n) is 40.3. The zero-order chi connectivity index (χ0) is 47.1. The van der Waals surface area contributed by atoms with Crippen LogP contribution < -0.4 is 0 Å². The van der Waals surface area contributed by atoms with E-state index in [0.29, 0.717) is 11.4 Å². The van der Waals surface area contributed by atoms with Crippen LogP contribution in [-0.2, 0) is 37.3 Å². The molecule has 8 aromatic carbocycles. The zero-order valence-corrected chi connectivity index (χ0v) is 42.5. The fourth-order valence-electron chi connectivity index (χ4n) is 9.99. The Labute approximate surface area is 418 Å². The second kappa shape index (κ2) is 17.2. The largest absolute Gasteiger partial charge is 0.507 e. The molecule has 344 valence electrons. The van der Waals surface area contributed by atoms with E-state index in [9.17, 15) is 5.11 Å². The molecule has 6 heteroatoms. The molecule has 11 aromatic rings. The molecule has 69 heavy (non-hydrogen) atoms. The molecule has 0 unspecified atom stereocenters. The van der Waals surface area contributed by atoms with Gasteiger partial charge >= 0.3 is 0 Å². The number of fused-ring (bicyclic) bond motifs is 6. The van der Waals surface area contributed by atoms with Crippen LogP contribution in [0.15, 0.2) is 180 Å². The summed E-state index contributed by atoms with van der Waals surface area (Å²) in [7, 11) is 0. The van der Waals surface area contributed by atoms with Gasteiger partial charge in [0.15, 0.2) is 0 Å². The first kappa shape index (κ1) is 45.7. The summed E-state index contributed by atoms with van der Waals surface area (Å²) >= 11 is 0. The molecular formula is C63H54N3O2Pt-. The third-order valence-corrected chi connectivity index (χ3v) is 13.8. The number of rotatable bonds is 7. The van der Waals surface area contributed by atoms with Crippen LogP contribution in [0.25, 0.3) is 94.3 Å². The first-order chi connectivity index (χ1) is 32.7. The number of para-hydroxylation sites is 2. The van der Waals surface area contributed by atoms with Gasteiger partial charge in [0, 0.05) is 60.3 Å². The molecular weight excluding hydrogens is 1030 g/mol. The van der Waals surface area contributed by atoms with Crippen molar-refractivity contribution in [2.24, 2.45) is 0 Å². The third kappa shape index (κ3) is 7.87. The Morgan fingerprint density at radius 2 is 1.22 bits per heavy atom. The van der Waals surface area contributed by atoms with Crippen molar-refractivity contribution in [1.82, 2.24) is 14.5 Å². The number of aromatic nitrogens is 3. The van der Waals surface area contributed by atoms with E-state index in [4.69, 9.17) is 14.4 Å². The molecule has 0 saturated carbocycles. The quantitative estimate of drug-likeness (QED) is 0.162. The standard InChI is InChI=1S/C63H54N3O2.Pt/c1-61(2,3)44-37-49(59(67)50(38-44)62(4,5)6)60-65-58-48(27-19-29-52(58)66(60)51-28-18-17-25-46(51)39-20-11-9-12-21-39)41-34-42(36-45(35-41)63(7,8)43-23-13-10-14-24-43)57-56-54(32-33-64-57)68-53-31-30-40-22-15-16-26-47(40)55(53)56;/h9-33,35-38,67H,1-8H3;/q-1;. The van der Waals surface area contributed by atoms with Crippen LogP contribution in [0.5, 0.6) is 5.75 Å². The fraction of sp³-hybridized carbons (Fsp3) is 0.175. The van der Waals surface area contributed by atoms with Crippen molar-refractivity contribution in [2.45, 2.75) is 71.6 Å². The fourth-order valence-corrected chi connectivity index (χ4v) is 9.99. The Balaban J connectivity index is 0.00000553. The summed E-state index contributed by atoms with van der Waals surface area (Å²) in [4.78, 5) is 10.9. The summed E-state index contributed by atoms with van der Waals surface area (Å²) < 4.78 is 8.83. The monoisotopic (exact) mass is 1080 g/mol. The van der Waals surface area contributed by atoms with Crippen LogP contribution in [0.3, 0.4) is 0 Å². The van der Waals surface area contributed by atoms with Crippen LogP contribution in [0.4, 0.5) is 0 Å². The maximum atomic E-state index is 12.6. The molecule has 0 aliphatic rings. The van der Waals surface area contributed by atoms with Gasteiger partial charge in [-0.25, -0.2) is 4.98 Å². The molecule has 0 aliphatic heterocycles. The Kier molecular flexibility index (Phi) is 11.4. The molecule has 0 amide bonds. The maximum Gasteiger partial charge on any atom is 0.148 e. The van der Waals surface area contributed by atoms with Crippen molar-refractivity contribution in [3.63, 3.8) is 0 Å². The average molecular weight is 1080 g/mol. The van der Waals surface area contributed by atoms with Gasteiger partial charge in [-0.3, -0.25) is 9.55 Å². The molecule has 0 radical (unpaired) electrons. The molecule has 0 atom stereocenters. The van der Waals surface area contributed by atoms with Crippen molar-refractivity contribution in [2.75, 3.05) is 0 Å². The number of pyridine rings is 1. The average Bonchev–Trinajstić information content (AvgIpc) is 3.93. The second-order valence-corrected chi connectivity index (χ2v) is 20.7. The first-order valence-corrected chi connectivity index (χ1v) is 23.5. The van der Waals surface area contributed by atoms with E-state index < -0.39 is 5.41 Å². The first-order valence-electron chi connectivity index (χ1n) is 23.5. The van der Waals surface area contributed by atoms with Crippen LogP contribution in [0.1, 0.15) is 77.6 Å². The number of furan rings is 1. The Bertz CT molecular complexity index is 3740. The van der Waals surface area contributed by atoms with Gasteiger partial charge in [-0.2, -0.15) is 0 Å². The number of aromatic hydroxyl groups is 1. The SMILES string of the molecule is CC(C)(C)c1cc(-c2nc3c(-c4[c-]c(-c5nccc6oc7ccc8ccccc8c7c56)cc(C(C)(C)c5ccccc5)c4)cccc3n2-c2ccccc2-c2ccccc2)c(O)c(C(C)(C)C)c1.[Pt]. The van der Waals surface area contributed by atoms with Gasteiger partial charge < -0.3 is 9.52 Å². The molecule has 11 rings (SSSR count). The van der Waals surface area contributed by atoms with E-state index in [0.717, 1.165) is 99.6 Å². The molecule has 0 bridgehead atoms. The van der Waals surface area contributed by atoms with Gasteiger partial charge in [0.05, 0.1) is 22.3 Å². The smallest absolute Gasteiger partial charge is 0.148 e. The maximum absolute atomic E-state index is 12.6. The summed E-state index contributed by atoms with van der Waals surface area (Å²) in [6, 6.07) is 63.5. The predicted molar refractivity (Wildman–Crippen MR) is 282 cm³/mol. The van der Waals surface area contributed by atoms with Crippen molar-refractivity contribution in [3.8, 4) is 56.3 Å². The third-order valence-electron chi connectivity index (χ3n) is 13.8. The Morgan fingerprint density at radius 1 is 0.551 bits per heavy atom. The van der Waals surface area contributed by atoms with E-state index in [1.165, 1.54) is 5.56 Å². The summed E-state index contributed by atoms with van der Waals surface area (Å²) in [5.41, 5.74) is 13.9. The molecule has 1 N–H and O–H groups in total. The van der Waals surface area contributed by atoms with Crippen molar-refractivity contribution in [1.29, 1.82) is 0 Å².